The van der Waals surface area contributed by atoms with Crippen molar-refractivity contribution in [1.82, 2.24) is 14.9 Å². The van der Waals surface area contributed by atoms with Crippen LogP contribution in [0.5, 0.6) is 0 Å². The van der Waals surface area contributed by atoms with Crippen molar-refractivity contribution in [2.24, 2.45) is 11.7 Å². The van der Waals surface area contributed by atoms with Crippen molar-refractivity contribution in [1.29, 1.82) is 0 Å². The lowest BCUT2D eigenvalue weighted by Gasteiger charge is -2.21. The molecule has 1 unspecified atom stereocenters. The summed E-state index contributed by atoms with van der Waals surface area (Å²) in [6.45, 7) is 3.88. The van der Waals surface area contributed by atoms with Gasteiger partial charge in [0.2, 0.25) is 0 Å². The quantitative estimate of drug-likeness (QED) is 0.814. The van der Waals surface area contributed by atoms with Crippen molar-refractivity contribution < 1.29 is 0 Å². The van der Waals surface area contributed by atoms with Gasteiger partial charge >= 0.3 is 0 Å². The highest BCUT2D eigenvalue weighted by molar-refractivity contribution is 5.34. The molecule has 2 rings (SSSR count). The van der Waals surface area contributed by atoms with Gasteiger partial charge in [-0.05, 0) is 25.9 Å². The maximum atomic E-state index is 5.50. The van der Waals surface area contributed by atoms with Crippen LogP contribution in [-0.2, 0) is 6.54 Å². The van der Waals surface area contributed by atoms with Crippen molar-refractivity contribution >= 4 is 5.82 Å². The molecule has 1 saturated heterocycles. The van der Waals surface area contributed by atoms with E-state index in [1.165, 1.54) is 19.5 Å². The first kappa shape index (κ1) is 12.3. The number of hydrogen-bond donors (Lipinski definition) is 1. The molecule has 0 amide bonds. The number of nitrogens with two attached hydrogens (primary N) is 1. The minimum atomic E-state index is 0.449. The average Bonchev–Trinajstić information content (AvgIpc) is 2.75. The van der Waals surface area contributed by atoms with E-state index in [4.69, 9.17) is 5.73 Å². The van der Waals surface area contributed by atoms with Gasteiger partial charge < -0.3 is 15.5 Å². The first-order valence-electron chi connectivity index (χ1n) is 6.09. The minimum absolute atomic E-state index is 0.449. The summed E-state index contributed by atoms with van der Waals surface area (Å²) in [7, 11) is 4.25. The van der Waals surface area contributed by atoms with Gasteiger partial charge in [0, 0.05) is 26.7 Å². The topological polar surface area (TPSA) is 58.3 Å². The molecule has 1 aromatic heterocycles. The molecule has 5 heteroatoms. The molecule has 0 radical (unpaired) electrons. The van der Waals surface area contributed by atoms with Crippen LogP contribution in [0.1, 0.15) is 12.1 Å². The number of hydrogen-bond acceptors (Lipinski definition) is 5. The zero-order chi connectivity index (χ0) is 12.3. The zero-order valence-corrected chi connectivity index (χ0v) is 10.6. The van der Waals surface area contributed by atoms with E-state index in [1.54, 1.807) is 12.4 Å². The van der Waals surface area contributed by atoms with E-state index >= 15 is 0 Å². The highest BCUT2D eigenvalue weighted by Gasteiger charge is 2.21. The third kappa shape index (κ3) is 3.14. The highest BCUT2D eigenvalue weighted by Crippen LogP contribution is 2.17. The number of likely N-dealkylation sites (tertiary alicyclic amines) is 1. The Bertz CT molecular complexity index is 350. The smallest absolute Gasteiger partial charge is 0.146 e. The van der Waals surface area contributed by atoms with E-state index in [1.807, 2.05) is 0 Å². The monoisotopic (exact) mass is 235 g/mol. The SMILES string of the molecule is CN1CCC(CN(C)c2cnc(CN)cn2)C1. The Morgan fingerprint density at radius 3 is 2.82 bits per heavy atom. The van der Waals surface area contributed by atoms with Gasteiger partial charge in [0.1, 0.15) is 5.82 Å². The summed E-state index contributed by atoms with van der Waals surface area (Å²) in [5.74, 6) is 1.66. The summed E-state index contributed by atoms with van der Waals surface area (Å²) in [4.78, 5) is 13.2. The fraction of sp³-hybridized carbons (Fsp3) is 0.667. The molecule has 94 valence electrons. The van der Waals surface area contributed by atoms with Gasteiger partial charge in [-0.25, -0.2) is 4.98 Å². The molecule has 1 fully saturated rings. The van der Waals surface area contributed by atoms with Gasteiger partial charge in [-0.2, -0.15) is 0 Å². The van der Waals surface area contributed by atoms with Gasteiger partial charge in [0.25, 0.3) is 0 Å². The van der Waals surface area contributed by atoms with Crippen LogP contribution in [0.2, 0.25) is 0 Å². The largest absolute Gasteiger partial charge is 0.358 e. The molecular formula is C12H21N5. The van der Waals surface area contributed by atoms with E-state index in [-0.39, 0.29) is 0 Å². The van der Waals surface area contributed by atoms with Crippen LogP contribution in [0, 0.1) is 5.92 Å². The van der Waals surface area contributed by atoms with Crippen molar-refractivity contribution in [3.05, 3.63) is 18.1 Å². The lowest BCUT2D eigenvalue weighted by atomic mass is 10.1. The summed E-state index contributed by atoms with van der Waals surface area (Å²) < 4.78 is 0. The van der Waals surface area contributed by atoms with Gasteiger partial charge in [-0.1, -0.05) is 0 Å². The zero-order valence-electron chi connectivity index (χ0n) is 10.6. The van der Waals surface area contributed by atoms with Crippen LogP contribution >= 0.6 is 0 Å². The molecule has 0 bridgehead atoms. The van der Waals surface area contributed by atoms with E-state index in [9.17, 15) is 0 Å². The van der Waals surface area contributed by atoms with E-state index in [0.29, 0.717) is 6.54 Å². The number of aromatic nitrogens is 2. The van der Waals surface area contributed by atoms with Crippen LogP contribution in [0.15, 0.2) is 12.4 Å². The molecule has 2 heterocycles. The first-order chi connectivity index (χ1) is 8.19. The second-order valence-electron chi connectivity index (χ2n) is 4.87. The molecule has 0 saturated carbocycles. The fourth-order valence-electron chi connectivity index (χ4n) is 2.31. The number of nitrogens with zero attached hydrogens (tertiary/aromatic N) is 4. The predicted molar refractivity (Wildman–Crippen MR) is 68.8 cm³/mol. The van der Waals surface area contributed by atoms with Gasteiger partial charge in [0.15, 0.2) is 0 Å². The number of rotatable bonds is 4. The van der Waals surface area contributed by atoms with Crippen LogP contribution < -0.4 is 10.6 Å². The molecule has 2 N–H and O–H groups in total. The Morgan fingerprint density at radius 1 is 1.47 bits per heavy atom. The third-order valence-corrected chi connectivity index (χ3v) is 3.31. The Balaban J connectivity index is 1.92. The van der Waals surface area contributed by atoms with Crippen LogP contribution in [0.4, 0.5) is 5.82 Å². The van der Waals surface area contributed by atoms with Gasteiger partial charge in [-0.15, -0.1) is 0 Å². The van der Waals surface area contributed by atoms with E-state index in [2.05, 4.69) is 33.9 Å². The molecule has 5 nitrogen and oxygen atoms in total. The maximum Gasteiger partial charge on any atom is 0.146 e. The van der Waals surface area contributed by atoms with Crippen LogP contribution in [0.3, 0.4) is 0 Å². The first-order valence-corrected chi connectivity index (χ1v) is 6.09. The van der Waals surface area contributed by atoms with Crippen molar-refractivity contribution in [2.45, 2.75) is 13.0 Å². The molecule has 0 spiro atoms. The second-order valence-corrected chi connectivity index (χ2v) is 4.87. The lowest BCUT2D eigenvalue weighted by Crippen LogP contribution is -2.28. The Hall–Kier alpha value is -1.20. The molecule has 1 aromatic rings. The predicted octanol–water partition coefficient (Wildman–Crippen LogP) is 0.323. The van der Waals surface area contributed by atoms with Gasteiger partial charge in [0.05, 0.1) is 18.1 Å². The highest BCUT2D eigenvalue weighted by atomic mass is 15.2. The van der Waals surface area contributed by atoms with Gasteiger partial charge in [-0.3, -0.25) is 4.98 Å². The summed E-state index contributed by atoms with van der Waals surface area (Å²) in [6.07, 6.45) is 4.84. The van der Waals surface area contributed by atoms with E-state index < -0.39 is 0 Å². The van der Waals surface area contributed by atoms with Crippen molar-refractivity contribution in [3.8, 4) is 0 Å². The molecule has 1 atom stereocenters. The van der Waals surface area contributed by atoms with E-state index in [0.717, 1.165) is 24.0 Å². The molecule has 1 aliphatic heterocycles. The maximum absolute atomic E-state index is 5.50. The third-order valence-electron chi connectivity index (χ3n) is 3.31. The van der Waals surface area contributed by atoms with Crippen LogP contribution in [0.25, 0.3) is 0 Å². The Kier molecular flexibility index (Phi) is 3.91. The minimum Gasteiger partial charge on any atom is -0.358 e. The summed E-state index contributed by atoms with van der Waals surface area (Å²) in [5, 5.41) is 0. The second kappa shape index (κ2) is 5.42. The summed E-state index contributed by atoms with van der Waals surface area (Å²) in [5.41, 5.74) is 6.34. The molecule has 17 heavy (non-hydrogen) atoms. The van der Waals surface area contributed by atoms with Crippen LogP contribution in [-0.4, -0.2) is 48.6 Å². The summed E-state index contributed by atoms with van der Waals surface area (Å²) in [6, 6.07) is 0. The Labute approximate surface area is 103 Å². The fourth-order valence-corrected chi connectivity index (χ4v) is 2.31. The summed E-state index contributed by atoms with van der Waals surface area (Å²) >= 11 is 0. The van der Waals surface area contributed by atoms with Crippen molar-refractivity contribution in [2.75, 3.05) is 38.6 Å². The molecule has 1 aliphatic rings. The molecule has 0 aromatic carbocycles. The lowest BCUT2D eigenvalue weighted by molar-refractivity contribution is 0.395. The molecule has 0 aliphatic carbocycles. The average molecular weight is 235 g/mol. The standard InChI is InChI=1S/C12H21N5/c1-16-4-3-10(8-16)9-17(2)12-7-14-11(5-13)6-15-12/h6-7,10H,3-5,8-9,13H2,1-2H3. The molecular weight excluding hydrogens is 214 g/mol. The Morgan fingerprint density at radius 2 is 2.29 bits per heavy atom. The van der Waals surface area contributed by atoms with Crippen molar-refractivity contribution in [3.63, 3.8) is 0 Å². The number of anilines is 1. The normalized spacial score (nSPS) is 20.8.